The van der Waals surface area contributed by atoms with E-state index < -0.39 is 0 Å². The summed E-state index contributed by atoms with van der Waals surface area (Å²) in [7, 11) is 0. The Bertz CT molecular complexity index is 272. The Morgan fingerprint density at radius 2 is 1.92 bits per heavy atom. The molecule has 0 fully saturated rings. The number of benzene rings is 1. The lowest BCUT2D eigenvalue weighted by atomic mass is 10.1. The second-order valence-electron chi connectivity index (χ2n) is 2.74. The van der Waals surface area contributed by atoms with E-state index in [9.17, 15) is 4.79 Å². The summed E-state index contributed by atoms with van der Waals surface area (Å²) in [5.74, 6) is 0.182. The molecule has 1 aromatic carbocycles. The molecule has 0 aliphatic heterocycles. The van der Waals surface area contributed by atoms with Crippen molar-refractivity contribution in [2.45, 2.75) is 11.2 Å². The predicted octanol–water partition coefficient (Wildman–Crippen LogP) is 3.42. The van der Waals surface area contributed by atoms with Crippen LogP contribution in [0.4, 0.5) is 0 Å². The van der Waals surface area contributed by atoms with Gasteiger partial charge in [0.05, 0.1) is 0 Å². The zero-order chi connectivity index (χ0) is 9.68. The van der Waals surface area contributed by atoms with Crippen LogP contribution in [0.15, 0.2) is 30.3 Å². The molecule has 0 bridgehead atoms. The molecule has 1 rings (SSSR count). The molecule has 1 aromatic rings. The quantitative estimate of drug-likeness (QED) is 0.615. The third kappa shape index (κ3) is 3.61. The summed E-state index contributed by atoms with van der Waals surface area (Å²) in [6, 6.07) is 9.36. The lowest BCUT2D eigenvalue weighted by Crippen LogP contribution is -2.08. The Hall–Kier alpha value is -0.150. The molecule has 0 aliphatic carbocycles. The molecule has 0 amide bonds. The van der Waals surface area contributed by atoms with E-state index in [1.807, 2.05) is 30.3 Å². The third-order valence-electron chi connectivity index (χ3n) is 1.67. The highest BCUT2D eigenvalue weighted by atomic mass is 79.9. The van der Waals surface area contributed by atoms with Crippen LogP contribution in [0.5, 0.6) is 0 Å². The van der Waals surface area contributed by atoms with E-state index in [0.717, 1.165) is 10.9 Å². The Balaban J connectivity index is 2.59. The molecule has 0 saturated carbocycles. The fourth-order valence-electron chi connectivity index (χ4n) is 0.998. The Labute approximate surface area is 94.8 Å². The number of hydrogen-bond donors (Lipinski definition) is 0. The molecule has 1 nitrogen and oxygen atoms in total. The summed E-state index contributed by atoms with van der Waals surface area (Å²) in [6.45, 7) is 0. The van der Waals surface area contributed by atoms with Crippen LogP contribution < -0.4 is 0 Å². The SMILES string of the molecule is O=C(CC(Br)CBr)c1ccccc1. The second kappa shape index (κ2) is 5.55. The van der Waals surface area contributed by atoms with E-state index in [1.165, 1.54) is 0 Å². The average molecular weight is 306 g/mol. The molecule has 0 aromatic heterocycles. The van der Waals surface area contributed by atoms with Gasteiger partial charge >= 0.3 is 0 Å². The molecule has 1 atom stereocenters. The Morgan fingerprint density at radius 3 is 2.46 bits per heavy atom. The molecule has 0 aliphatic rings. The molecule has 0 radical (unpaired) electrons. The summed E-state index contributed by atoms with van der Waals surface area (Å²) in [4.78, 5) is 11.8. The number of Topliss-reactive ketones (excluding diaryl/α,β-unsaturated/α-hetero) is 1. The summed E-state index contributed by atoms with van der Waals surface area (Å²) < 4.78 is 0. The van der Waals surface area contributed by atoms with E-state index in [0.29, 0.717) is 6.42 Å². The van der Waals surface area contributed by atoms with Gasteiger partial charge in [-0.2, -0.15) is 0 Å². The molecule has 3 heteroatoms. The van der Waals surface area contributed by atoms with Crippen molar-refractivity contribution < 1.29 is 4.79 Å². The predicted molar refractivity (Wildman–Crippen MR) is 61.9 cm³/mol. The molecular weight excluding hydrogens is 296 g/mol. The maximum atomic E-state index is 11.6. The van der Waals surface area contributed by atoms with Crippen LogP contribution in [0, 0.1) is 0 Å². The molecular formula is C10H10Br2O. The molecule has 1 unspecified atom stereocenters. The smallest absolute Gasteiger partial charge is 0.164 e. The van der Waals surface area contributed by atoms with Gasteiger partial charge in [-0.15, -0.1) is 0 Å². The van der Waals surface area contributed by atoms with Crippen LogP contribution in [-0.2, 0) is 0 Å². The van der Waals surface area contributed by atoms with Crippen molar-refractivity contribution in [3.63, 3.8) is 0 Å². The van der Waals surface area contributed by atoms with E-state index >= 15 is 0 Å². The van der Waals surface area contributed by atoms with Crippen molar-refractivity contribution in [3.05, 3.63) is 35.9 Å². The maximum absolute atomic E-state index is 11.6. The van der Waals surface area contributed by atoms with Gasteiger partial charge in [0.2, 0.25) is 0 Å². The fourth-order valence-corrected chi connectivity index (χ4v) is 1.52. The number of carbonyl (C=O) groups is 1. The van der Waals surface area contributed by atoms with Gasteiger partial charge in [0.1, 0.15) is 0 Å². The standard InChI is InChI=1S/C10H10Br2O/c11-7-9(12)6-10(13)8-4-2-1-3-5-8/h1-5,9H,6-7H2. The van der Waals surface area contributed by atoms with Gasteiger partial charge in [-0.1, -0.05) is 62.2 Å². The third-order valence-corrected chi connectivity index (χ3v) is 3.97. The van der Waals surface area contributed by atoms with Gasteiger partial charge in [-0.05, 0) is 0 Å². The highest BCUT2D eigenvalue weighted by Gasteiger charge is 2.10. The van der Waals surface area contributed by atoms with Gasteiger partial charge < -0.3 is 0 Å². The first-order chi connectivity index (χ1) is 6.24. The van der Waals surface area contributed by atoms with Crippen LogP contribution in [-0.4, -0.2) is 15.9 Å². The molecule has 70 valence electrons. The summed E-state index contributed by atoms with van der Waals surface area (Å²) in [6.07, 6.45) is 0.537. The van der Waals surface area contributed by atoms with Crippen LogP contribution in [0.1, 0.15) is 16.8 Å². The largest absolute Gasteiger partial charge is 0.294 e. The topological polar surface area (TPSA) is 17.1 Å². The summed E-state index contributed by atoms with van der Waals surface area (Å²) in [5.41, 5.74) is 0.785. The number of alkyl halides is 2. The monoisotopic (exact) mass is 304 g/mol. The number of rotatable bonds is 4. The zero-order valence-electron chi connectivity index (χ0n) is 7.04. The lowest BCUT2D eigenvalue weighted by Gasteiger charge is -2.04. The fraction of sp³-hybridized carbons (Fsp3) is 0.300. The number of carbonyl (C=O) groups excluding carboxylic acids is 1. The molecule has 0 spiro atoms. The van der Waals surface area contributed by atoms with Crippen LogP contribution in [0.2, 0.25) is 0 Å². The number of ketones is 1. The van der Waals surface area contributed by atoms with Crippen molar-refractivity contribution >= 4 is 37.6 Å². The van der Waals surface area contributed by atoms with E-state index in [1.54, 1.807) is 0 Å². The van der Waals surface area contributed by atoms with E-state index in [4.69, 9.17) is 0 Å². The second-order valence-corrected chi connectivity index (χ2v) is 4.69. The highest BCUT2D eigenvalue weighted by Crippen LogP contribution is 2.12. The van der Waals surface area contributed by atoms with Crippen molar-refractivity contribution in [1.29, 1.82) is 0 Å². The highest BCUT2D eigenvalue weighted by molar-refractivity contribution is 9.12. The van der Waals surface area contributed by atoms with Gasteiger partial charge in [-0.25, -0.2) is 0 Å². The Morgan fingerprint density at radius 1 is 1.31 bits per heavy atom. The average Bonchev–Trinajstić information content (AvgIpc) is 2.19. The minimum absolute atomic E-state index is 0.182. The first-order valence-corrected chi connectivity index (χ1v) is 6.06. The molecule has 0 N–H and O–H groups in total. The first-order valence-electron chi connectivity index (χ1n) is 4.02. The summed E-state index contributed by atoms with van der Waals surface area (Å²) >= 11 is 6.72. The normalized spacial score (nSPS) is 12.5. The van der Waals surface area contributed by atoms with Gasteiger partial charge in [0.15, 0.2) is 5.78 Å². The van der Waals surface area contributed by atoms with Crippen molar-refractivity contribution in [2.24, 2.45) is 0 Å². The van der Waals surface area contributed by atoms with Crippen molar-refractivity contribution in [2.75, 3.05) is 5.33 Å². The first kappa shape index (κ1) is 10.9. The number of hydrogen-bond acceptors (Lipinski definition) is 1. The van der Waals surface area contributed by atoms with Crippen LogP contribution in [0.25, 0.3) is 0 Å². The van der Waals surface area contributed by atoms with Gasteiger partial charge in [-0.3, -0.25) is 4.79 Å². The van der Waals surface area contributed by atoms with Crippen molar-refractivity contribution in [3.8, 4) is 0 Å². The molecule has 0 saturated heterocycles. The minimum atomic E-state index is 0.182. The molecule has 0 heterocycles. The van der Waals surface area contributed by atoms with Gasteiger partial charge in [0, 0.05) is 22.1 Å². The molecule has 13 heavy (non-hydrogen) atoms. The van der Waals surface area contributed by atoms with Crippen LogP contribution in [0.3, 0.4) is 0 Å². The van der Waals surface area contributed by atoms with Crippen LogP contribution >= 0.6 is 31.9 Å². The van der Waals surface area contributed by atoms with Gasteiger partial charge in [0.25, 0.3) is 0 Å². The minimum Gasteiger partial charge on any atom is -0.294 e. The summed E-state index contributed by atoms with van der Waals surface area (Å²) in [5, 5.41) is 0.797. The van der Waals surface area contributed by atoms with Crippen molar-refractivity contribution in [1.82, 2.24) is 0 Å². The van der Waals surface area contributed by atoms with E-state index in [-0.39, 0.29) is 10.6 Å². The number of halogens is 2. The zero-order valence-corrected chi connectivity index (χ0v) is 10.2. The van der Waals surface area contributed by atoms with E-state index in [2.05, 4.69) is 31.9 Å². The lowest BCUT2D eigenvalue weighted by molar-refractivity contribution is 0.0984. The Kier molecular flexibility index (Phi) is 4.67. The maximum Gasteiger partial charge on any atom is 0.164 e.